The molecule has 0 radical (unpaired) electrons. The van der Waals surface area contributed by atoms with Crippen LogP contribution in [0.5, 0.6) is 0 Å². The molecule has 1 aliphatic carbocycles. The first kappa shape index (κ1) is 17.9. The molecule has 6 nitrogen and oxygen atoms in total. The number of aromatic amines is 1. The van der Waals surface area contributed by atoms with E-state index >= 15 is 0 Å². The molecule has 4 N–H and O–H groups in total. The largest absolute Gasteiger partial charge is 0.365 e. The molecule has 1 fully saturated rings. The van der Waals surface area contributed by atoms with Gasteiger partial charge in [-0.25, -0.2) is 0 Å². The number of hydrazine groups is 1. The number of nitrogens with one attached hydrogen (secondary N) is 4. The lowest BCUT2D eigenvalue weighted by molar-refractivity contribution is 0.403. The molecule has 3 aromatic rings. The summed E-state index contributed by atoms with van der Waals surface area (Å²) >= 11 is 0. The zero-order chi connectivity index (χ0) is 20.0. The van der Waals surface area contributed by atoms with Crippen molar-refractivity contribution in [3.8, 4) is 0 Å². The topological polar surface area (TPSA) is 73.9 Å². The van der Waals surface area contributed by atoms with Crippen LogP contribution in [0, 0.1) is 19.8 Å². The molecule has 2 aliphatic rings. The molecule has 1 aromatic heterocycles. The highest BCUT2D eigenvalue weighted by atomic mass is 16.1. The van der Waals surface area contributed by atoms with Crippen LogP contribution in [0.2, 0.25) is 0 Å². The average molecular weight is 390 g/mol. The van der Waals surface area contributed by atoms with Gasteiger partial charge in [0.2, 0.25) is 0 Å². The molecule has 1 saturated carbocycles. The van der Waals surface area contributed by atoms with Gasteiger partial charge in [-0.1, -0.05) is 42.0 Å². The van der Waals surface area contributed by atoms with Crippen molar-refractivity contribution in [2.75, 3.05) is 16.2 Å². The second-order valence-electron chi connectivity index (χ2n) is 8.35. The molecule has 0 spiro atoms. The number of rotatable bonds is 5. The van der Waals surface area contributed by atoms with Crippen LogP contribution in [0.3, 0.4) is 0 Å². The quantitative estimate of drug-likeness (QED) is 0.488. The number of benzene rings is 2. The fourth-order valence-electron chi connectivity index (χ4n) is 4.45. The SMILES string of the molecule is Cc1ccc(C2CC(C3CC3)Nc3c(NNc4ccccc4)c(=O)[nH]n32)c(C)c1. The van der Waals surface area contributed by atoms with Crippen LogP contribution in [-0.2, 0) is 0 Å². The maximum atomic E-state index is 12.8. The fourth-order valence-corrected chi connectivity index (χ4v) is 4.45. The normalized spacial score (nSPS) is 20.6. The van der Waals surface area contributed by atoms with Crippen LogP contribution >= 0.6 is 0 Å². The van der Waals surface area contributed by atoms with Gasteiger partial charge in [-0.05, 0) is 62.3 Å². The maximum Gasteiger partial charge on any atom is 0.291 e. The van der Waals surface area contributed by atoms with Gasteiger partial charge in [0.15, 0.2) is 11.5 Å². The molecule has 2 unspecified atom stereocenters. The highest BCUT2D eigenvalue weighted by Crippen LogP contribution is 2.44. The molecule has 0 saturated heterocycles. The van der Waals surface area contributed by atoms with Gasteiger partial charge in [0.1, 0.15) is 0 Å². The van der Waals surface area contributed by atoms with E-state index in [1.54, 1.807) is 0 Å². The second kappa shape index (κ2) is 7.03. The molecule has 0 amide bonds. The first-order chi connectivity index (χ1) is 14.1. The number of hydrogen-bond acceptors (Lipinski definition) is 4. The van der Waals surface area contributed by atoms with Crippen molar-refractivity contribution < 1.29 is 0 Å². The van der Waals surface area contributed by atoms with Crippen molar-refractivity contribution in [3.05, 3.63) is 75.6 Å². The van der Waals surface area contributed by atoms with Gasteiger partial charge in [-0.3, -0.25) is 20.0 Å². The Kier molecular flexibility index (Phi) is 4.34. The number of aromatic nitrogens is 2. The second-order valence-corrected chi connectivity index (χ2v) is 8.35. The highest BCUT2D eigenvalue weighted by Gasteiger charge is 2.39. The van der Waals surface area contributed by atoms with E-state index in [1.165, 1.54) is 29.5 Å². The first-order valence-electron chi connectivity index (χ1n) is 10.4. The van der Waals surface area contributed by atoms with Gasteiger partial charge in [-0.2, -0.15) is 0 Å². The lowest BCUT2D eigenvalue weighted by Crippen LogP contribution is -2.35. The van der Waals surface area contributed by atoms with E-state index in [0.717, 1.165) is 17.9 Å². The molecular formula is C23H27N5O. The zero-order valence-corrected chi connectivity index (χ0v) is 16.8. The summed E-state index contributed by atoms with van der Waals surface area (Å²) in [6.45, 7) is 4.28. The Bertz CT molecular complexity index is 1080. The van der Waals surface area contributed by atoms with Gasteiger partial charge in [0.25, 0.3) is 5.56 Å². The number of nitrogens with zero attached hydrogens (tertiary/aromatic N) is 1. The van der Waals surface area contributed by atoms with Crippen molar-refractivity contribution in [1.29, 1.82) is 0 Å². The zero-order valence-electron chi connectivity index (χ0n) is 16.8. The predicted octanol–water partition coefficient (Wildman–Crippen LogP) is 4.42. The lowest BCUT2D eigenvalue weighted by atomic mass is 9.91. The minimum absolute atomic E-state index is 0.123. The molecular weight excluding hydrogens is 362 g/mol. The van der Waals surface area contributed by atoms with Crippen LogP contribution in [0.15, 0.2) is 53.3 Å². The Balaban J connectivity index is 1.52. The molecule has 2 aromatic carbocycles. The molecule has 6 heteroatoms. The summed E-state index contributed by atoms with van der Waals surface area (Å²) < 4.78 is 2.01. The standard InChI is InChI=1S/C23H27N5O/c1-14-8-11-18(15(2)12-14)20-13-19(16-9-10-16)24-22-21(23(29)27-28(20)22)26-25-17-6-4-3-5-7-17/h3-8,11-12,16,19-20,24-26H,9-10,13H2,1-2H3,(H,27,29). The molecule has 29 heavy (non-hydrogen) atoms. The van der Waals surface area contributed by atoms with Crippen molar-refractivity contribution in [1.82, 2.24) is 9.78 Å². The lowest BCUT2D eigenvalue weighted by Gasteiger charge is -2.34. The molecule has 1 aliphatic heterocycles. The predicted molar refractivity (Wildman–Crippen MR) is 118 cm³/mol. The number of para-hydroxylation sites is 1. The minimum Gasteiger partial charge on any atom is -0.365 e. The fraction of sp³-hybridized carbons (Fsp3) is 0.348. The van der Waals surface area contributed by atoms with Gasteiger partial charge in [0.05, 0.1) is 11.7 Å². The van der Waals surface area contributed by atoms with Gasteiger partial charge < -0.3 is 10.7 Å². The Morgan fingerprint density at radius 3 is 2.55 bits per heavy atom. The number of H-pyrrole nitrogens is 1. The maximum absolute atomic E-state index is 12.8. The summed E-state index contributed by atoms with van der Waals surface area (Å²) in [6.07, 6.45) is 3.51. The smallest absolute Gasteiger partial charge is 0.291 e. The van der Waals surface area contributed by atoms with E-state index in [9.17, 15) is 4.79 Å². The third kappa shape index (κ3) is 3.39. The minimum atomic E-state index is -0.123. The van der Waals surface area contributed by atoms with Crippen LogP contribution in [0.25, 0.3) is 0 Å². The highest BCUT2D eigenvalue weighted by molar-refractivity contribution is 5.68. The van der Waals surface area contributed by atoms with E-state index in [4.69, 9.17) is 0 Å². The van der Waals surface area contributed by atoms with Crippen LogP contribution in [0.1, 0.15) is 42.0 Å². The number of hydrogen-bond donors (Lipinski definition) is 4. The Morgan fingerprint density at radius 2 is 1.83 bits per heavy atom. The Hall–Kier alpha value is -3.15. The Morgan fingerprint density at radius 1 is 1.03 bits per heavy atom. The van der Waals surface area contributed by atoms with Gasteiger partial charge >= 0.3 is 0 Å². The van der Waals surface area contributed by atoms with Gasteiger partial charge in [-0.15, -0.1) is 0 Å². The third-order valence-electron chi connectivity index (χ3n) is 6.12. The monoisotopic (exact) mass is 389 g/mol. The van der Waals surface area contributed by atoms with Crippen molar-refractivity contribution in [3.63, 3.8) is 0 Å². The summed E-state index contributed by atoms with van der Waals surface area (Å²) in [6, 6.07) is 16.9. The third-order valence-corrected chi connectivity index (χ3v) is 6.12. The first-order valence-corrected chi connectivity index (χ1v) is 10.4. The molecule has 150 valence electrons. The van der Waals surface area contributed by atoms with E-state index < -0.39 is 0 Å². The molecule has 5 rings (SSSR count). The van der Waals surface area contributed by atoms with E-state index in [2.05, 4.69) is 53.3 Å². The summed E-state index contributed by atoms with van der Waals surface area (Å²) in [7, 11) is 0. The number of fused-ring (bicyclic) bond motifs is 1. The molecule has 0 bridgehead atoms. The molecule has 2 atom stereocenters. The summed E-state index contributed by atoms with van der Waals surface area (Å²) in [5, 5.41) is 6.71. The van der Waals surface area contributed by atoms with Crippen LogP contribution < -0.4 is 21.7 Å². The summed E-state index contributed by atoms with van der Waals surface area (Å²) in [5.74, 6) is 1.53. The van der Waals surface area contributed by atoms with Crippen molar-refractivity contribution >= 4 is 17.2 Å². The van der Waals surface area contributed by atoms with Gasteiger partial charge in [0, 0.05) is 6.04 Å². The van der Waals surface area contributed by atoms with Crippen molar-refractivity contribution in [2.24, 2.45) is 5.92 Å². The molecule has 2 heterocycles. The summed E-state index contributed by atoms with van der Waals surface area (Å²) in [5.41, 5.74) is 11.4. The number of anilines is 3. The average Bonchev–Trinajstić information content (AvgIpc) is 3.51. The Labute approximate surface area is 170 Å². The summed E-state index contributed by atoms with van der Waals surface area (Å²) in [4.78, 5) is 12.8. The van der Waals surface area contributed by atoms with Crippen LogP contribution in [0.4, 0.5) is 17.2 Å². The van der Waals surface area contributed by atoms with E-state index in [-0.39, 0.29) is 11.6 Å². The number of aryl methyl sites for hydroxylation is 2. The van der Waals surface area contributed by atoms with E-state index in [1.807, 2.05) is 35.0 Å². The van der Waals surface area contributed by atoms with Crippen LogP contribution in [-0.4, -0.2) is 15.8 Å². The van der Waals surface area contributed by atoms with E-state index in [0.29, 0.717) is 17.6 Å². The van der Waals surface area contributed by atoms with Crippen molar-refractivity contribution in [2.45, 2.75) is 45.2 Å².